The van der Waals surface area contributed by atoms with Crippen LogP contribution in [0.4, 0.5) is 11.4 Å². The number of ether oxygens (including phenoxy) is 1. The van der Waals surface area contributed by atoms with Crippen LogP contribution in [-0.2, 0) is 4.74 Å². The molecule has 2 heterocycles. The lowest BCUT2D eigenvalue weighted by Gasteiger charge is -2.13. The van der Waals surface area contributed by atoms with Crippen LogP contribution in [0.25, 0.3) is 10.9 Å². The van der Waals surface area contributed by atoms with Crippen LogP contribution >= 0.6 is 0 Å². The minimum Gasteiger partial charge on any atom is -0.399 e. The number of benzene rings is 1. The van der Waals surface area contributed by atoms with Crippen molar-refractivity contribution in [2.75, 3.05) is 24.2 Å². The average molecular weight is 243 g/mol. The molecule has 1 aromatic heterocycles. The summed E-state index contributed by atoms with van der Waals surface area (Å²) in [7, 11) is 0. The topological polar surface area (TPSA) is 60.2 Å². The van der Waals surface area contributed by atoms with Gasteiger partial charge in [-0.1, -0.05) is 0 Å². The molecule has 1 aliphatic rings. The molecule has 0 saturated carbocycles. The zero-order valence-corrected chi connectivity index (χ0v) is 10.2. The number of nitrogens with two attached hydrogens (primary N) is 1. The number of nitrogens with zero attached hydrogens (tertiary/aromatic N) is 1. The number of hydrogen-bond acceptors (Lipinski definition) is 4. The van der Waals surface area contributed by atoms with Gasteiger partial charge in [-0.05, 0) is 37.1 Å². The second-order valence-corrected chi connectivity index (χ2v) is 4.65. The number of hydrogen-bond donors (Lipinski definition) is 2. The molecule has 0 bridgehead atoms. The highest BCUT2D eigenvalue weighted by Gasteiger charge is 2.15. The number of nitrogens with one attached hydrogen (secondary N) is 1. The minimum absolute atomic E-state index is 0.335. The normalized spacial score (nSPS) is 19.2. The van der Waals surface area contributed by atoms with Crippen molar-refractivity contribution in [3.05, 3.63) is 30.5 Å². The number of fused-ring (bicyclic) bond motifs is 1. The Morgan fingerprint density at radius 1 is 1.39 bits per heavy atom. The third-order valence-corrected chi connectivity index (χ3v) is 3.31. The lowest BCUT2D eigenvalue weighted by molar-refractivity contribution is 0.120. The molecule has 0 radical (unpaired) electrons. The van der Waals surface area contributed by atoms with E-state index in [0.29, 0.717) is 6.10 Å². The summed E-state index contributed by atoms with van der Waals surface area (Å²) in [6.45, 7) is 1.74. The summed E-state index contributed by atoms with van der Waals surface area (Å²) in [5.41, 5.74) is 8.53. The van der Waals surface area contributed by atoms with Crippen molar-refractivity contribution in [3.8, 4) is 0 Å². The molecule has 0 aliphatic carbocycles. The average Bonchev–Trinajstić information content (AvgIpc) is 2.89. The first-order chi connectivity index (χ1) is 8.83. The highest BCUT2D eigenvalue weighted by molar-refractivity contribution is 5.92. The van der Waals surface area contributed by atoms with Gasteiger partial charge in [0.05, 0.1) is 11.6 Å². The molecule has 1 aromatic carbocycles. The molecule has 3 N–H and O–H groups in total. The molecular weight excluding hydrogens is 226 g/mol. The first-order valence-corrected chi connectivity index (χ1v) is 6.32. The summed E-state index contributed by atoms with van der Waals surface area (Å²) in [4.78, 5) is 4.33. The number of rotatable bonds is 3. The second-order valence-electron chi connectivity index (χ2n) is 4.65. The van der Waals surface area contributed by atoms with Gasteiger partial charge >= 0.3 is 0 Å². The molecule has 2 aromatic rings. The van der Waals surface area contributed by atoms with Crippen molar-refractivity contribution in [3.63, 3.8) is 0 Å². The molecular formula is C14H17N3O. The monoisotopic (exact) mass is 243 g/mol. The van der Waals surface area contributed by atoms with Crippen LogP contribution in [0.15, 0.2) is 30.5 Å². The molecule has 1 aliphatic heterocycles. The molecule has 4 heteroatoms. The summed E-state index contributed by atoms with van der Waals surface area (Å²) in [6.07, 6.45) is 4.45. The number of pyridine rings is 1. The molecule has 1 atom stereocenters. The van der Waals surface area contributed by atoms with Gasteiger partial charge in [-0.2, -0.15) is 0 Å². The number of anilines is 2. The van der Waals surface area contributed by atoms with E-state index in [1.807, 2.05) is 24.3 Å². The van der Waals surface area contributed by atoms with E-state index < -0.39 is 0 Å². The fourth-order valence-corrected chi connectivity index (χ4v) is 2.35. The van der Waals surface area contributed by atoms with Crippen molar-refractivity contribution in [1.29, 1.82) is 0 Å². The van der Waals surface area contributed by atoms with Gasteiger partial charge < -0.3 is 15.8 Å². The Morgan fingerprint density at radius 2 is 2.33 bits per heavy atom. The zero-order valence-electron chi connectivity index (χ0n) is 10.2. The predicted octanol–water partition coefficient (Wildman–Crippen LogP) is 2.41. The largest absolute Gasteiger partial charge is 0.399 e. The zero-order chi connectivity index (χ0) is 12.4. The standard InChI is InChI=1S/C14H17N3O/c15-10-3-4-12-13(5-6-16-14(12)8-10)17-9-11-2-1-7-18-11/h3-6,8,11H,1-2,7,9,15H2,(H,16,17). The van der Waals surface area contributed by atoms with Gasteiger partial charge in [0.25, 0.3) is 0 Å². The third kappa shape index (κ3) is 2.24. The summed E-state index contributed by atoms with van der Waals surface area (Å²) in [5.74, 6) is 0. The van der Waals surface area contributed by atoms with Gasteiger partial charge in [0, 0.05) is 36.1 Å². The van der Waals surface area contributed by atoms with Crippen molar-refractivity contribution in [1.82, 2.24) is 4.98 Å². The Kier molecular flexibility index (Phi) is 3.02. The molecule has 0 spiro atoms. The van der Waals surface area contributed by atoms with Crippen molar-refractivity contribution in [2.45, 2.75) is 18.9 Å². The second kappa shape index (κ2) is 4.82. The van der Waals surface area contributed by atoms with E-state index in [0.717, 1.165) is 41.9 Å². The van der Waals surface area contributed by atoms with Crippen LogP contribution in [0.3, 0.4) is 0 Å². The molecule has 4 nitrogen and oxygen atoms in total. The van der Waals surface area contributed by atoms with Gasteiger partial charge in [-0.15, -0.1) is 0 Å². The Balaban J connectivity index is 1.82. The Bertz CT molecular complexity index is 550. The molecule has 1 unspecified atom stereocenters. The maximum atomic E-state index is 5.77. The van der Waals surface area contributed by atoms with E-state index in [4.69, 9.17) is 10.5 Å². The van der Waals surface area contributed by atoms with E-state index in [9.17, 15) is 0 Å². The quantitative estimate of drug-likeness (QED) is 0.813. The highest BCUT2D eigenvalue weighted by Crippen LogP contribution is 2.24. The van der Waals surface area contributed by atoms with Crippen molar-refractivity contribution >= 4 is 22.3 Å². The SMILES string of the molecule is Nc1ccc2c(NCC3CCCO3)ccnc2c1. The van der Waals surface area contributed by atoms with Crippen LogP contribution < -0.4 is 11.1 Å². The van der Waals surface area contributed by atoms with E-state index in [1.165, 1.54) is 6.42 Å². The Hall–Kier alpha value is -1.81. The fourth-order valence-electron chi connectivity index (χ4n) is 2.35. The van der Waals surface area contributed by atoms with E-state index in [1.54, 1.807) is 6.20 Å². The van der Waals surface area contributed by atoms with Gasteiger partial charge in [0.1, 0.15) is 0 Å². The summed E-state index contributed by atoms with van der Waals surface area (Å²) in [5, 5.41) is 4.54. The maximum absolute atomic E-state index is 5.77. The van der Waals surface area contributed by atoms with Gasteiger partial charge in [-0.3, -0.25) is 4.98 Å². The predicted molar refractivity (Wildman–Crippen MR) is 73.6 cm³/mol. The highest BCUT2D eigenvalue weighted by atomic mass is 16.5. The third-order valence-electron chi connectivity index (χ3n) is 3.31. The van der Waals surface area contributed by atoms with Crippen LogP contribution in [0, 0.1) is 0 Å². The summed E-state index contributed by atoms with van der Waals surface area (Å²) >= 11 is 0. The molecule has 0 amide bonds. The van der Waals surface area contributed by atoms with Crippen molar-refractivity contribution in [2.24, 2.45) is 0 Å². The summed E-state index contributed by atoms with van der Waals surface area (Å²) < 4.78 is 5.61. The van der Waals surface area contributed by atoms with Gasteiger partial charge in [0.15, 0.2) is 0 Å². The molecule has 1 fully saturated rings. The Morgan fingerprint density at radius 3 is 3.17 bits per heavy atom. The fraction of sp³-hybridized carbons (Fsp3) is 0.357. The number of nitrogen functional groups attached to an aromatic ring is 1. The number of aromatic nitrogens is 1. The van der Waals surface area contributed by atoms with Crippen LogP contribution in [-0.4, -0.2) is 24.2 Å². The molecule has 3 rings (SSSR count). The summed E-state index contributed by atoms with van der Waals surface area (Å²) in [6, 6.07) is 7.80. The van der Waals surface area contributed by atoms with E-state index >= 15 is 0 Å². The van der Waals surface area contributed by atoms with Gasteiger partial charge in [0.2, 0.25) is 0 Å². The lowest BCUT2D eigenvalue weighted by atomic mass is 10.1. The van der Waals surface area contributed by atoms with Crippen LogP contribution in [0.1, 0.15) is 12.8 Å². The molecule has 1 saturated heterocycles. The van der Waals surface area contributed by atoms with E-state index in [-0.39, 0.29) is 0 Å². The first-order valence-electron chi connectivity index (χ1n) is 6.32. The first kappa shape index (κ1) is 11.3. The Labute approximate surface area is 106 Å². The van der Waals surface area contributed by atoms with Crippen molar-refractivity contribution < 1.29 is 4.74 Å². The smallest absolute Gasteiger partial charge is 0.0748 e. The lowest BCUT2D eigenvalue weighted by Crippen LogP contribution is -2.18. The van der Waals surface area contributed by atoms with Crippen LogP contribution in [0.2, 0.25) is 0 Å². The van der Waals surface area contributed by atoms with E-state index in [2.05, 4.69) is 10.3 Å². The molecule has 18 heavy (non-hydrogen) atoms. The minimum atomic E-state index is 0.335. The molecule has 94 valence electrons. The van der Waals surface area contributed by atoms with Gasteiger partial charge in [-0.25, -0.2) is 0 Å². The van der Waals surface area contributed by atoms with Crippen LogP contribution in [0.5, 0.6) is 0 Å². The maximum Gasteiger partial charge on any atom is 0.0748 e.